The van der Waals surface area contributed by atoms with Gasteiger partial charge in [0, 0.05) is 13.1 Å². The van der Waals surface area contributed by atoms with Gasteiger partial charge in [0.2, 0.25) is 11.8 Å². The van der Waals surface area contributed by atoms with E-state index in [1.807, 2.05) is 11.9 Å². The molecule has 10 heteroatoms. The van der Waals surface area contributed by atoms with Crippen LogP contribution in [0.25, 0.3) is 0 Å². The summed E-state index contributed by atoms with van der Waals surface area (Å²) in [5.74, 6) is -3.06. The highest BCUT2D eigenvalue weighted by molar-refractivity contribution is 6.23. The van der Waals surface area contributed by atoms with Crippen molar-refractivity contribution in [3.63, 3.8) is 0 Å². The monoisotopic (exact) mass is 515 g/mol. The minimum Gasteiger partial charge on any atom is -0.367 e. The van der Waals surface area contributed by atoms with Crippen LogP contribution in [-0.4, -0.2) is 41.5 Å². The van der Waals surface area contributed by atoms with Gasteiger partial charge in [-0.3, -0.25) is 9.59 Å². The number of amides is 2. The van der Waals surface area contributed by atoms with Gasteiger partial charge in [-0.25, -0.2) is 9.29 Å². The second-order valence-electron chi connectivity index (χ2n) is 10.4. The number of carbonyl (C=O) groups excluding carboxylic acids is 2. The summed E-state index contributed by atoms with van der Waals surface area (Å²) >= 11 is 0. The van der Waals surface area contributed by atoms with Crippen LogP contribution >= 0.6 is 0 Å². The number of hydrogen-bond donors (Lipinski definition) is 0. The number of ether oxygens (including phenoxy) is 1. The lowest BCUT2D eigenvalue weighted by Crippen LogP contribution is -2.44. The summed E-state index contributed by atoms with van der Waals surface area (Å²) in [6, 6.07) is 10.6. The zero-order valence-corrected chi connectivity index (χ0v) is 20.3. The smallest absolute Gasteiger partial charge is 0.367 e. The maximum absolute atomic E-state index is 13.6. The molecular formula is C27H25F4N3O3. The van der Waals surface area contributed by atoms with Crippen LogP contribution in [0.5, 0.6) is 0 Å². The van der Waals surface area contributed by atoms with Gasteiger partial charge < -0.3 is 9.64 Å². The molecule has 0 radical (unpaired) electrons. The molecular weight excluding hydrogens is 490 g/mol. The molecule has 2 aromatic rings. The van der Waals surface area contributed by atoms with Crippen molar-refractivity contribution in [1.29, 1.82) is 5.26 Å². The average Bonchev–Trinajstić information content (AvgIpc) is 3.43. The van der Waals surface area contributed by atoms with Crippen molar-refractivity contribution < 1.29 is 31.9 Å². The Morgan fingerprint density at radius 3 is 2.43 bits per heavy atom. The topological polar surface area (TPSA) is 73.6 Å². The summed E-state index contributed by atoms with van der Waals surface area (Å²) in [5.41, 5.74) is -2.83. The van der Waals surface area contributed by atoms with E-state index in [4.69, 9.17) is 10.00 Å². The van der Waals surface area contributed by atoms with Gasteiger partial charge in [0.1, 0.15) is 5.82 Å². The van der Waals surface area contributed by atoms with E-state index in [9.17, 15) is 27.2 Å². The fraction of sp³-hybridized carbons (Fsp3) is 0.444. The molecule has 0 aromatic heterocycles. The molecule has 0 aliphatic carbocycles. The summed E-state index contributed by atoms with van der Waals surface area (Å²) in [7, 11) is 1.89. The van der Waals surface area contributed by atoms with Gasteiger partial charge >= 0.3 is 6.18 Å². The number of hydrogen-bond acceptors (Lipinski definition) is 5. The number of nitriles is 1. The Labute approximate surface area is 211 Å². The Kier molecular flexibility index (Phi) is 5.92. The predicted molar refractivity (Wildman–Crippen MR) is 124 cm³/mol. The molecule has 2 aromatic carbocycles. The molecule has 0 N–H and O–H groups in total. The van der Waals surface area contributed by atoms with Gasteiger partial charge in [0.25, 0.3) is 0 Å². The highest BCUT2D eigenvalue weighted by Gasteiger charge is 2.73. The van der Waals surface area contributed by atoms with E-state index in [-0.39, 0.29) is 11.5 Å². The van der Waals surface area contributed by atoms with Crippen molar-refractivity contribution in [3.05, 3.63) is 65.0 Å². The normalized spacial score (nSPS) is 28.8. The second-order valence-corrected chi connectivity index (χ2v) is 10.4. The van der Waals surface area contributed by atoms with Gasteiger partial charge in [-0.15, -0.1) is 0 Å². The Bertz CT molecular complexity index is 1310. The minimum atomic E-state index is -4.81. The van der Waals surface area contributed by atoms with Crippen LogP contribution < -0.4 is 4.90 Å². The van der Waals surface area contributed by atoms with Gasteiger partial charge in [-0.1, -0.05) is 12.1 Å². The number of alkyl halides is 3. The first-order valence-corrected chi connectivity index (χ1v) is 12.0. The molecule has 3 heterocycles. The summed E-state index contributed by atoms with van der Waals surface area (Å²) in [6.45, 7) is 2.87. The Morgan fingerprint density at radius 1 is 1.11 bits per heavy atom. The van der Waals surface area contributed by atoms with E-state index in [1.54, 1.807) is 19.1 Å². The van der Waals surface area contributed by atoms with Crippen LogP contribution in [0.3, 0.4) is 0 Å². The van der Waals surface area contributed by atoms with Crippen LogP contribution in [0.1, 0.15) is 42.9 Å². The fourth-order valence-corrected chi connectivity index (χ4v) is 6.23. The molecule has 3 aliphatic heterocycles. The largest absolute Gasteiger partial charge is 0.417 e. The third-order valence-electron chi connectivity index (χ3n) is 7.98. The molecule has 37 heavy (non-hydrogen) atoms. The van der Waals surface area contributed by atoms with Crippen molar-refractivity contribution in [3.8, 4) is 6.07 Å². The van der Waals surface area contributed by atoms with Crippen LogP contribution in [0, 0.1) is 29.0 Å². The van der Waals surface area contributed by atoms with Crippen molar-refractivity contribution in [2.45, 2.75) is 50.1 Å². The molecule has 0 saturated carbocycles. The third kappa shape index (κ3) is 4.10. The van der Waals surface area contributed by atoms with Crippen molar-refractivity contribution in [2.75, 3.05) is 18.5 Å². The number of nitrogens with zero attached hydrogens (tertiary/aromatic N) is 3. The molecule has 3 fully saturated rings. The van der Waals surface area contributed by atoms with E-state index in [0.717, 1.165) is 16.5 Å². The molecule has 2 amide bonds. The number of halogens is 4. The Balaban J connectivity index is 1.40. The highest BCUT2D eigenvalue weighted by atomic mass is 19.4. The molecule has 2 bridgehead atoms. The first-order chi connectivity index (χ1) is 17.4. The van der Waals surface area contributed by atoms with Gasteiger partial charge in [0.05, 0.1) is 45.9 Å². The van der Waals surface area contributed by atoms with Crippen LogP contribution in [0.2, 0.25) is 0 Å². The highest BCUT2D eigenvalue weighted by Crippen LogP contribution is 2.62. The van der Waals surface area contributed by atoms with E-state index in [0.29, 0.717) is 38.4 Å². The molecule has 194 valence electrons. The molecule has 4 atom stereocenters. The lowest BCUT2D eigenvalue weighted by molar-refractivity contribution is -0.138. The van der Waals surface area contributed by atoms with Crippen molar-refractivity contribution in [1.82, 2.24) is 4.90 Å². The van der Waals surface area contributed by atoms with Crippen LogP contribution in [0.4, 0.5) is 23.2 Å². The van der Waals surface area contributed by atoms with Gasteiger partial charge in [0.15, 0.2) is 0 Å². The maximum Gasteiger partial charge on any atom is 0.417 e. The molecule has 5 rings (SSSR count). The summed E-state index contributed by atoms with van der Waals surface area (Å²) in [6.07, 6.45) is -3.24. The fourth-order valence-electron chi connectivity index (χ4n) is 6.23. The molecule has 0 spiro atoms. The zero-order valence-electron chi connectivity index (χ0n) is 20.3. The van der Waals surface area contributed by atoms with E-state index < -0.39 is 52.2 Å². The molecule has 3 saturated heterocycles. The number of carbonyl (C=O) groups is 2. The van der Waals surface area contributed by atoms with Crippen molar-refractivity contribution in [2.24, 2.45) is 11.8 Å². The third-order valence-corrected chi connectivity index (χ3v) is 7.98. The first kappa shape index (κ1) is 25.4. The lowest BCUT2D eigenvalue weighted by Gasteiger charge is -2.32. The first-order valence-electron chi connectivity index (χ1n) is 12.0. The molecule has 3 aliphatic rings. The van der Waals surface area contributed by atoms with Gasteiger partial charge in [-0.05, 0) is 69.1 Å². The zero-order chi connectivity index (χ0) is 26.8. The van der Waals surface area contributed by atoms with Crippen LogP contribution in [0.15, 0.2) is 42.5 Å². The quantitative estimate of drug-likeness (QED) is 0.413. The number of rotatable bonds is 6. The number of imide groups is 1. The minimum absolute atomic E-state index is 0.192. The van der Waals surface area contributed by atoms with Crippen LogP contribution in [-0.2, 0) is 27.0 Å². The summed E-state index contributed by atoms with van der Waals surface area (Å²) in [5, 5.41) is 9.09. The SMILES string of the molecule is CN(CC[C@@]12CC[C@@](C)(O1)[C@H]1C(=O)N(c3ccc(C#N)c(C(F)(F)F)c3)C(=O)[C@H]12)Cc1ccc(F)cc1. The Hall–Kier alpha value is -3.29. The standard InChI is InChI=1S/C27H25F4N3O3/c1-25-9-10-26(37-25,11-12-33(2)15-16-3-6-18(28)7-4-16)22-21(25)23(35)34(24(22)36)19-8-5-17(14-32)20(13-19)27(29,30)31/h3-8,13,21-22H,9-12,15H2,1-2H3/t21-,22+,25-,26-/m1/s1. The number of fused-ring (bicyclic) bond motifs is 5. The number of benzene rings is 2. The van der Waals surface area contributed by atoms with Crippen molar-refractivity contribution >= 4 is 17.5 Å². The lowest BCUT2D eigenvalue weighted by atomic mass is 9.67. The van der Waals surface area contributed by atoms with E-state index in [1.165, 1.54) is 24.3 Å². The van der Waals surface area contributed by atoms with E-state index in [2.05, 4.69) is 0 Å². The number of anilines is 1. The van der Waals surface area contributed by atoms with Gasteiger partial charge in [-0.2, -0.15) is 18.4 Å². The Morgan fingerprint density at radius 2 is 1.78 bits per heavy atom. The predicted octanol–water partition coefficient (Wildman–Crippen LogP) is 4.67. The summed E-state index contributed by atoms with van der Waals surface area (Å²) in [4.78, 5) is 30.0. The average molecular weight is 516 g/mol. The maximum atomic E-state index is 13.6. The molecule has 0 unspecified atom stereocenters. The second kappa shape index (κ2) is 8.64. The van der Waals surface area contributed by atoms with E-state index >= 15 is 0 Å². The summed E-state index contributed by atoms with van der Waals surface area (Å²) < 4.78 is 60.3. The molecule has 6 nitrogen and oxygen atoms in total.